The van der Waals surface area contributed by atoms with E-state index >= 15 is 0 Å². The van der Waals surface area contributed by atoms with Crippen molar-refractivity contribution in [3.8, 4) is 6.07 Å². The zero-order valence-electron chi connectivity index (χ0n) is 7.96. The summed E-state index contributed by atoms with van der Waals surface area (Å²) in [6.07, 6.45) is 6.56. The van der Waals surface area contributed by atoms with Crippen LogP contribution in [0.1, 0.15) is 11.1 Å². The van der Waals surface area contributed by atoms with Crippen LogP contribution in [0.15, 0.2) is 30.9 Å². The monoisotopic (exact) mass is 199 g/mol. The number of nitrogen functional groups attached to an aromatic ring is 1. The molecule has 0 unspecified atom stereocenters. The third-order valence-corrected chi connectivity index (χ3v) is 1.92. The summed E-state index contributed by atoms with van der Waals surface area (Å²) in [4.78, 5) is 3.96. The van der Waals surface area contributed by atoms with Gasteiger partial charge < -0.3 is 5.73 Å². The fourth-order valence-corrected chi connectivity index (χ4v) is 1.29. The molecule has 74 valence electrons. The van der Waals surface area contributed by atoms with Crippen LogP contribution in [0.5, 0.6) is 0 Å². The van der Waals surface area contributed by atoms with Crippen LogP contribution in [0.2, 0.25) is 0 Å². The Morgan fingerprint density at radius 1 is 1.40 bits per heavy atom. The summed E-state index contributed by atoms with van der Waals surface area (Å²) >= 11 is 0. The molecule has 0 bridgehead atoms. The van der Waals surface area contributed by atoms with Gasteiger partial charge in [-0.05, 0) is 11.6 Å². The van der Waals surface area contributed by atoms with Crippen LogP contribution in [0, 0.1) is 11.3 Å². The molecule has 0 spiro atoms. The van der Waals surface area contributed by atoms with E-state index in [9.17, 15) is 0 Å². The fraction of sp³-hybridized carbons (Fsp3) is 0.100. The molecule has 0 aliphatic heterocycles. The predicted molar refractivity (Wildman–Crippen MR) is 54.7 cm³/mol. The summed E-state index contributed by atoms with van der Waals surface area (Å²) in [6, 6.07) is 3.82. The van der Waals surface area contributed by atoms with E-state index in [-0.39, 0.29) is 0 Å². The minimum atomic E-state index is 0.549. The molecule has 5 heteroatoms. The molecular weight excluding hydrogens is 190 g/mol. The Kier molecular flexibility index (Phi) is 2.33. The van der Waals surface area contributed by atoms with Gasteiger partial charge in [0, 0.05) is 18.6 Å². The van der Waals surface area contributed by atoms with Crippen LogP contribution >= 0.6 is 0 Å². The Hall–Kier alpha value is -2.35. The summed E-state index contributed by atoms with van der Waals surface area (Å²) in [5.74, 6) is 0. The molecule has 0 atom stereocenters. The maximum absolute atomic E-state index is 8.70. The second-order valence-electron chi connectivity index (χ2n) is 3.16. The Balaban J connectivity index is 2.21. The van der Waals surface area contributed by atoms with Crippen molar-refractivity contribution in [3.63, 3.8) is 0 Å². The van der Waals surface area contributed by atoms with Gasteiger partial charge in [0.25, 0.3) is 0 Å². The van der Waals surface area contributed by atoms with Gasteiger partial charge in [-0.25, -0.2) is 0 Å². The van der Waals surface area contributed by atoms with E-state index in [1.165, 1.54) is 6.20 Å². The molecule has 2 rings (SSSR count). The highest BCUT2D eigenvalue weighted by molar-refractivity contribution is 5.32. The van der Waals surface area contributed by atoms with Crippen molar-refractivity contribution in [3.05, 3.63) is 42.0 Å². The lowest BCUT2D eigenvalue weighted by Gasteiger charge is -2.00. The van der Waals surface area contributed by atoms with Crippen molar-refractivity contribution in [1.82, 2.24) is 14.8 Å². The molecule has 0 aromatic carbocycles. The number of hydrogen-bond donors (Lipinski definition) is 1. The minimum Gasteiger partial charge on any atom is -0.396 e. The fourth-order valence-electron chi connectivity index (χ4n) is 1.29. The van der Waals surface area contributed by atoms with Crippen molar-refractivity contribution in [2.75, 3.05) is 5.73 Å². The lowest BCUT2D eigenvalue weighted by atomic mass is 10.2. The van der Waals surface area contributed by atoms with Gasteiger partial charge in [0.15, 0.2) is 0 Å². The molecular formula is C10H9N5. The number of hydrogen-bond acceptors (Lipinski definition) is 4. The van der Waals surface area contributed by atoms with E-state index in [1.807, 2.05) is 6.07 Å². The minimum absolute atomic E-state index is 0.549. The molecule has 0 amide bonds. The maximum atomic E-state index is 8.70. The van der Waals surface area contributed by atoms with E-state index in [0.29, 0.717) is 17.8 Å². The summed E-state index contributed by atoms with van der Waals surface area (Å²) in [5, 5.41) is 12.7. The first-order valence-electron chi connectivity index (χ1n) is 4.40. The standard InChI is InChI=1S/C10H9N5/c11-2-8-1-9(4-13-3-8)6-15-7-10(12)5-14-15/h1,3-5,7H,6,12H2. The zero-order chi connectivity index (χ0) is 10.7. The molecule has 2 aromatic rings. The van der Waals surface area contributed by atoms with Crippen LogP contribution in [0.3, 0.4) is 0 Å². The molecule has 0 aliphatic rings. The highest BCUT2D eigenvalue weighted by atomic mass is 15.3. The molecule has 0 saturated heterocycles. The van der Waals surface area contributed by atoms with Gasteiger partial charge in [0.2, 0.25) is 0 Å². The molecule has 0 aliphatic carbocycles. The Labute approximate surface area is 86.8 Å². The van der Waals surface area contributed by atoms with Crippen LogP contribution < -0.4 is 5.73 Å². The normalized spacial score (nSPS) is 9.80. The van der Waals surface area contributed by atoms with Crippen LogP contribution in [0.25, 0.3) is 0 Å². The van der Waals surface area contributed by atoms with E-state index in [2.05, 4.69) is 10.1 Å². The van der Waals surface area contributed by atoms with Gasteiger partial charge in [-0.2, -0.15) is 10.4 Å². The molecule has 2 heterocycles. The largest absolute Gasteiger partial charge is 0.396 e. The Bertz CT molecular complexity index is 509. The van der Waals surface area contributed by atoms with Crippen molar-refractivity contribution in [1.29, 1.82) is 5.26 Å². The van der Waals surface area contributed by atoms with Gasteiger partial charge in [0.05, 0.1) is 24.0 Å². The van der Waals surface area contributed by atoms with Gasteiger partial charge in [-0.3, -0.25) is 9.67 Å². The molecule has 0 fully saturated rings. The van der Waals surface area contributed by atoms with E-state index in [4.69, 9.17) is 11.0 Å². The first-order chi connectivity index (χ1) is 7.28. The average molecular weight is 199 g/mol. The SMILES string of the molecule is N#Cc1cncc(Cn2cc(N)cn2)c1. The van der Waals surface area contributed by atoms with Crippen molar-refractivity contribution < 1.29 is 0 Å². The van der Waals surface area contributed by atoms with Crippen molar-refractivity contribution in [2.45, 2.75) is 6.54 Å². The quantitative estimate of drug-likeness (QED) is 0.775. The van der Waals surface area contributed by atoms with E-state index in [1.54, 1.807) is 29.3 Å². The Morgan fingerprint density at radius 3 is 2.93 bits per heavy atom. The molecule has 0 radical (unpaired) electrons. The number of rotatable bonds is 2. The van der Waals surface area contributed by atoms with Gasteiger partial charge in [0.1, 0.15) is 6.07 Å². The topological polar surface area (TPSA) is 80.5 Å². The number of nitrogens with zero attached hydrogens (tertiary/aromatic N) is 4. The van der Waals surface area contributed by atoms with Crippen LogP contribution in [-0.4, -0.2) is 14.8 Å². The zero-order valence-corrected chi connectivity index (χ0v) is 7.96. The first kappa shape index (κ1) is 9.21. The highest BCUT2D eigenvalue weighted by Crippen LogP contribution is 2.05. The predicted octanol–water partition coefficient (Wildman–Crippen LogP) is 0.780. The van der Waals surface area contributed by atoms with Gasteiger partial charge in [-0.1, -0.05) is 0 Å². The maximum Gasteiger partial charge on any atom is 0.101 e. The second kappa shape index (κ2) is 3.80. The van der Waals surface area contributed by atoms with Gasteiger partial charge in [-0.15, -0.1) is 0 Å². The number of nitrogens with two attached hydrogens (primary N) is 1. The first-order valence-corrected chi connectivity index (χ1v) is 4.40. The Morgan fingerprint density at radius 2 is 2.27 bits per heavy atom. The van der Waals surface area contributed by atoms with Crippen LogP contribution in [-0.2, 0) is 6.54 Å². The molecule has 2 N–H and O–H groups in total. The smallest absolute Gasteiger partial charge is 0.101 e. The number of pyridine rings is 1. The second-order valence-corrected chi connectivity index (χ2v) is 3.16. The lowest BCUT2D eigenvalue weighted by Crippen LogP contribution is -2.00. The number of anilines is 1. The highest BCUT2D eigenvalue weighted by Gasteiger charge is 1.99. The van der Waals surface area contributed by atoms with Gasteiger partial charge >= 0.3 is 0 Å². The van der Waals surface area contributed by atoms with E-state index < -0.39 is 0 Å². The molecule has 0 saturated carbocycles. The number of aromatic nitrogens is 3. The average Bonchev–Trinajstić information content (AvgIpc) is 2.64. The lowest BCUT2D eigenvalue weighted by molar-refractivity contribution is 0.685. The summed E-state index contributed by atoms with van der Waals surface area (Å²) < 4.78 is 1.70. The summed E-state index contributed by atoms with van der Waals surface area (Å²) in [6.45, 7) is 0.569. The van der Waals surface area contributed by atoms with Crippen LogP contribution in [0.4, 0.5) is 5.69 Å². The summed E-state index contributed by atoms with van der Waals surface area (Å²) in [7, 11) is 0. The third kappa shape index (κ3) is 2.11. The van der Waals surface area contributed by atoms with Crippen molar-refractivity contribution >= 4 is 5.69 Å². The molecule has 2 aromatic heterocycles. The third-order valence-electron chi connectivity index (χ3n) is 1.92. The summed E-state index contributed by atoms with van der Waals surface area (Å²) in [5.41, 5.74) is 7.64. The van der Waals surface area contributed by atoms with Crippen molar-refractivity contribution in [2.24, 2.45) is 0 Å². The van der Waals surface area contributed by atoms with E-state index in [0.717, 1.165) is 5.56 Å². The number of nitriles is 1. The molecule has 5 nitrogen and oxygen atoms in total. The molecule has 15 heavy (non-hydrogen) atoms.